The first-order valence-corrected chi connectivity index (χ1v) is 6.84. The van der Waals surface area contributed by atoms with E-state index in [1.54, 1.807) is 25.1 Å². The van der Waals surface area contributed by atoms with Gasteiger partial charge < -0.3 is 20.5 Å². The highest BCUT2D eigenvalue weighted by molar-refractivity contribution is 5.98. The Kier molecular flexibility index (Phi) is 6.02. The lowest BCUT2D eigenvalue weighted by atomic mass is 10.1. The molecule has 0 aliphatic heterocycles. The molecule has 0 fully saturated rings. The van der Waals surface area contributed by atoms with E-state index in [2.05, 4.69) is 10.1 Å². The largest absolute Gasteiger partial charge is 0.480 e. The zero-order valence-electron chi connectivity index (χ0n) is 12.8. The lowest BCUT2D eigenvalue weighted by Crippen LogP contribution is -2.41. The molecular weight excluding hydrogens is 272 g/mol. The molecule has 0 aliphatic carbocycles. The number of ether oxygens (including phenoxy) is 2. The molecule has 116 valence electrons. The summed E-state index contributed by atoms with van der Waals surface area (Å²) in [6, 6.07) is 4.86. The molecule has 3 N–H and O–H groups in total. The van der Waals surface area contributed by atoms with Crippen LogP contribution < -0.4 is 15.8 Å². The zero-order chi connectivity index (χ0) is 16.0. The Morgan fingerprint density at radius 2 is 2.00 bits per heavy atom. The second-order valence-electron chi connectivity index (χ2n) is 4.79. The van der Waals surface area contributed by atoms with Crippen molar-refractivity contribution < 1.29 is 19.1 Å². The number of esters is 1. The number of nitrogens with two attached hydrogens (primary N) is 1. The molecule has 1 rings (SSSR count). The van der Waals surface area contributed by atoms with Gasteiger partial charge in [-0.3, -0.25) is 4.79 Å². The van der Waals surface area contributed by atoms with E-state index in [1.165, 1.54) is 7.11 Å². The highest BCUT2D eigenvalue weighted by atomic mass is 16.5. The van der Waals surface area contributed by atoms with Crippen molar-refractivity contribution in [1.29, 1.82) is 0 Å². The van der Waals surface area contributed by atoms with Crippen LogP contribution in [0.25, 0.3) is 0 Å². The van der Waals surface area contributed by atoms with Crippen molar-refractivity contribution in [3.8, 4) is 5.75 Å². The van der Waals surface area contributed by atoms with Gasteiger partial charge in [-0.15, -0.1) is 0 Å². The first kappa shape index (κ1) is 16.8. The number of hydrogen-bond donors (Lipinski definition) is 2. The molecule has 1 amide bonds. The van der Waals surface area contributed by atoms with Gasteiger partial charge in [-0.2, -0.15) is 0 Å². The average Bonchev–Trinajstić information content (AvgIpc) is 2.46. The molecule has 0 radical (unpaired) electrons. The number of nitrogens with one attached hydrogen (secondary N) is 1. The number of carbonyl (C=O) groups excluding carboxylic acids is 2. The third-order valence-electron chi connectivity index (χ3n) is 3.12. The van der Waals surface area contributed by atoms with Gasteiger partial charge in [0.15, 0.2) is 6.10 Å². The monoisotopic (exact) mass is 294 g/mol. The van der Waals surface area contributed by atoms with Crippen molar-refractivity contribution in [2.45, 2.75) is 39.3 Å². The number of nitrogen functional groups attached to an aromatic ring is 1. The summed E-state index contributed by atoms with van der Waals surface area (Å²) in [5, 5.41) is 2.82. The van der Waals surface area contributed by atoms with Gasteiger partial charge in [-0.1, -0.05) is 13.0 Å². The Labute approximate surface area is 124 Å². The highest BCUT2D eigenvalue weighted by Gasteiger charge is 2.22. The van der Waals surface area contributed by atoms with Crippen LogP contribution in [0.5, 0.6) is 5.75 Å². The Balaban J connectivity index is 2.90. The van der Waals surface area contributed by atoms with Gasteiger partial charge in [0, 0.05) is 11.7 Å². The summed E-state index contributed by atoms with van der Waals surface area (Å²) in [7, 11) is 1.26. The van der Waals surface area contributed by atoms with E-state index in [0.717, 1.165) is 6.42 Å². The Hall–Kier alpha value is -2.24. The predicted molar refractivity (Wildman–Crippen MR) is 80.2 cm³/mol. The molecule has 0 spiro atoms. The van der Waals surface area contributed by atoms with Gasteiger partial charge >= 0.3 is 5.97 Å². The number of rotatable bonds is 6. The summed E-state index contributed by atoms with van der Waals surface area (Å²) in [4.78, 5) is 23.7. The van der Waals surface area contributed by atoms with Crippen LogP contribution in [0.15, 0.2) is 18.2 Å². The van der Waals surface area contributed by atoms with Crippen LogP contribution in [-0.4, -0.2) is 31.1 Å². The molecule has 0 bridgehead atoms. The fraction of sp³-hybridized carbons (Fsp3) is 0.467. The van der Waals surface area contributed by atoms with Crippen LogP contribution in [0.3, 0.4) is 0 Å². The van der Waals surface area contributed by atoms with E-state index in [1.807, 2.05) is 13.8 Å². The van der Waals surface area contributed by atoms with Crippen LogP contribution in [0, 0.1) is 0 Å². The maximum absolute atomic E-state index is 12.0. The molecule has 0 aliphatic rings. The van der Waals surface area contributed by atoms with Gasteiger partial charge in [0.2, 0.25) is 0 Å². The van der Waals surface area contributed by atoms with Gasteiger partial charge in [0.25, 0.3) is 5.91 Å². The summed E-state index contributed by atoms with van der Waals surface area (Å²) in [5.74, 6) is -0.617. The van der Waals surface area contributed by atoms with Crippen molar-refractivity contribution in [2.24, 2.45) is 0 Å². The van der Waals surface area contributed by atoms with Crippen molar-refractivity contribution in [1.82, 2.24) is 5.32 Å². The van der Waals surface area contributed by atoms with Gasteiger partial charge in [0.1, 0.15) is 11.3 Å². The second-order valence-corrected chi connectivity index (χ2v) is 4.79. The predicted octanol–water partition coefficient (Wildman–Crippen LogP) is 1.74. The van der Waals surface area contributed by atoms with Crippen LogP contribution in [0.4, 0.5) is 5.69 Å². The van der Waals surface area contributed by atoms with Crippen molar-refractivity contribution >= 4 is 17.6 Å². The van der Waals surface area contributed by atoms with Crippen molar-refractivity contribution in [2.75, 3.05) is 12.8 Å². The third kappa shape index (κ3) is 4.37. The molecule has 2 atom stereocenters. The SMILES string of the molecule is CCC(C)NC(=O)C(C)Oc1cccc(N)c1C(=O)OC. The smallest absolute Gasteiger partial charge is 0.343 e. The number of methoxy groups -OCH3 is 1. The number of benzene rings is 1. The molecule has 21 heavy (non-hydrogen) atoms. The minimum absolute atomic E-state index is 0.0597. The van der Waals surface area contributed by atoms with Gasteiger partial charge in [-0.25, -0.2) is 4.79 Å². The quantitative estimate of drug-likeness (QED) is 0.616. The Bertz CT molecular complexity index is 516. The molecule has 1 aromatic rings. The van der Waals surface area contributed by atoms with Gasteiger partial charge in [0.05, 0.1) is 7.11 Å². The molecule has 2 unspecified atom stereocenters. The van der Waals surface area contributed by atoms with Gasteiger partial charge in [-0.05, 0) is 32.4 Å². The van der Waals surface area contributed by atoms with E-state index in [4.69, 9.17) is 10.5 Å². The maximum Gasteiger partial charge on any atom is 0.343 e. The number of carbonyl (C=O) groups is 2. The van der Waals surface area contributed by atoms with Crippen LogP contribution >= 0.6 is 0 Å². The van der Waals surface area contributed by atoms with E-state index >= 15 is 0 Å². The first-order valence-electron chi connectivity index (χ1n) is 6.84. The van der Waals surface area contributed by atoms with E-state index < -0.39 is 12.1 Å². The topological polar surface area (TPSA) is 90.6 Å². The molecular formula is C15H22N2O4. The Morgan fingerprint density at radius 3 is 2.57 bits per heavy atom. The lowest BCUT2D eigenvalue weighted by molar-refractivity contribution is -0.127. The van der Waals surface area contributed by atoms with Crippen molar-refractivity contribution in [3.63, 3.8) is 0 Å². The molecule has 0 saturated carbocycles. The lowest BCUT2D eigenvalue weighted by Gasteiger charge is -2.19. The third-order valence-corrected chi connectivity index (χ3v) is 3.12. The molecule has 0 saturated heterocycles. The minimum atomic E-state index is -0.746. The summed E-state index contributed by atoms with van der Waals surface area (Å²) in [6.45, 7) is 5.50. The minimum Gasteiger partial charge on any atom is -0.480 e. The molecule has 0 heterocycles. The summed E-state index contributed by atoms with van der Waals surface area (Å²) < 4.78 is 10.2. The normalized spacial score (nSPS) is 13.1. The van der Waals surface area contributed by atoms with Crippen LogP contribution in [0.1, 0.15) is 37.6 Å². The summed E-state index contributed by atoms with van der Waals surface area (Å²) in [5.41, 5.74) is 6.14. The van der Waals surface area contributed by atoms with E-state index in [-0.39, 0.29) is 28.9 Å². The van der Waals surface area contributed by atoms with Crippen LogP contribution in [0.2, 0.25) is 0 Å². The molecule has 6 heteroatoms. The van der Waals surface area contributed by atoms with E-state index in [0.29, 0.717) is 0 Å². The standard InChI is InChI=1S/C15H22N2O4/c1-5-9(2)17-14(18)10(3)21-12-8-6-7-11(16)13(12)15(19)20-4/h6-10H,5,16H2,1-4H3,(H,17,18). The zero-order valence-corrected chi connectivity index (χ0v) is 12.8. The maximum atomic E-state index is 12.0. The summed E-state index contributed by atoms with van der Waals surface area (Å²) in [6.07, 6.45) is 0.0775. The number of anilines is 1. The second kappa shape index (κ2) is 7.52. The fourth-order valence-corrected chi connectivity index (χ4v) is 1.67. The van der Waals surface area contributed by atoms with Crippen molar-refractivity contribution in [3.05, 3.63) is 23.8 Å². The fourth-order valence-electron chi connectivity index (χ4n) is 1.67. The molecule has 0 aromatic heterocycles. The molecule has 6 nitrogen and oxygen atoms in total. The van der Waals surface area contributed by atoms with Crippen LogP contribution in [-0.2, 0) is 9.53 Å². The highest BCUT2D eigenvalue weighted by Crippen LogP contribution is 2.26. The average molecular weight is 294 g/mol. The first-order chi connectivity index (χ1) is 9.90. The number of amides is 1. The number of hydrogen-bond acceptors (Lipinski definition) is 5. The molecule has 1 aromatic carbocycles. The Morgan fingerprint density at radius 1 is 1.33 bits per heavy atom. The summed E-state index contributed by atoms with van der Waals surface area (Å²) >= 11 is 0. The van der Waals surface area contributed by atoms with E-state index in [9.17, 15) is 9.59 Å².